The third-order valence-electron chi connectivity index (χ3n) is 3.37. The molecule has 114 valence electrons. The van der Waals surface area contributed by atoms with Gasteiger partial charge in [0.25, 0.3) is 0 Å². The standard InChI is InChI=1S/C15H14ClN3O2S/c16-15-6-5-12(10-18-15)22(20,21)19-8-7-11-9-17-14-4-2-1-3-13(11)14/h1-6,9-10,17,19H,7-8H2. The Kier molecular flexibility index (Phi) is 4.15. The highest BCUT2D eigenvalue weighted by molar-refractivity contribution is 7.89. The van der Waals surface area contributed by atoms with Crippen LogP contribution in [0.5, 0.6) is 0 Å². The van der Waals surface area contributed by atoms with Crippen LogP contribution in [0.25, 0.3) is 10.9 Å². The summed E-state index contributed by atoms with van der Waals surface area (Å²) in [5, 5.41) is 1.37. The Balaban J connectivity index is 1.68. The fourth-order valence-electron chi connectivity index (χ4n) is 2.26. The normalized spacial score (nSPS) is 11.9. The molecule has 0 aliphatic heterocycles. The number of benzene rings is 1. The molecule has 2 heterocycles. The number of nitrogens with zero attached hydrogens (tertiary/aromatic N) is 1. The van der Waals surface area contributed by atoms with Crippen LogP contribution in [0.1, 0.15) is 5.56 Å². The molecule has 0 radical (unpaired) electrons. The van der Waals surface area contributed by atoms with E-state index in [2.05, 4.69) is 14.7 Å². The minimum Gasteiger partial charge on any atom is -0.361 e. The average molecular weight is 336 g/mol. The fourth-order valence-corrected chi connectivity index (χ4v) is 3.35. The summed E-state index contributed by atoms with van der Waals surface area (Å²) in [6.45, 7) is 0.312. The van der Waals surface area contributed by atoms with Gasteiger partial charge in [0.15, 0.2) is 0 Å². The number of aromatic nitrogens is 2. The topological polar surface area (TPSA) is 74.8 Å². The summed E-state index contributed by atoms with van der Waals surface area (Å²) in [6.07, 6.45) is 3.75. The summed E-state index contributed by atoms with van der Waals surface area (Å²) < 4.78 is 26.8. The molecule has 0 aliphatic carbocycles. The number of pyridine rings is 1. The number of sulfonamides is 1. The number of para-hydroxylation sites is 1. The smallest absolute Gasteiger partial charge is 0.242 e. The number of fused-ring (bicyclic) bond motifs is 1. The van der Waals surface area contributed by atoms with Gasteiger partial charge in [-0.05, 0) is 30.2 Å². The maximum atomic E-state index is 12.1. The Morgan fingerprint density at radius 3 is 2.77 bits per heavy atom. The summed E-state index contributed by atoms with van der Waals surface area (Å²) >= 11 is 5.66. The van der Waals surface area contributed by atoms with E-state index in [-0.39, 0.29) is 10.0 Å². The van der Waals surface area contributed by atoms with Crippen molar-refractivity contribution in [2.24, 2.45) is 0 Å². The molecule has 0 spiro atoms. The summed E-state index contributed by atoms with van der Waals surface area (Å²) in [5.74, 6) is 0. The van der Waals surface area contributed by atoms with Crippen LogP contribution in [-0.4, -0.2) is 24.9 Å². The summed E-state index contributed by atoms with van der Waals surface area (Å²) in [7, 11) is -3.56. The number of rotatable bonds is 5. The van der Waals surface area contributed by atoms with Crippen LogP contribution < -0.4 is 4.72 Å². The van der Waals surface area contributed by atoms with Gasteiger partial charge in [0.2, 0.25) is 10.0 Å². The molecule has 3 aromatic rings. The third kappa shape index (κ3) is 3.14. The van der Waals surface area contributed by atoms with Gasteiger partial charge in [-0.2, -0.15) is 0 Å². The van der Waals surface area contributed by atoms with Crippen LogP contribution in [0, 0.1) is 0 Å². The van der Waals surface area contributed by atoms with Crippen molar-refractivity contribution in [2.45, 2.75) is 11.3 Å². The zero-order chi connectivity index (χ0) is 15.6. The van der Waals surface area contributed by atoms with Crippen molar-refractivity contribution in [1.29, 1.82) is 0 Å². The molecule has 7 heteroatoms. The first-order valence-electron chi connectivity index (χ1n) is 6.72. The molecular formula is C15H14ClN3O2S. The molecule has 0 atom stereocenters. The SMILES string of the molecule is O=S(=O)(NCCc1c[nH]c2ccccc12)c1ccc(Cl)nc1. The first-order chi connectivity index (χ1) is 10.6. The lowest BCUT2D eigenvalue weighted by molar-refractivity contribution is 0.581. The van der Waals surface area contributed by atoms with Crippen LogP contribution >= 0.6 is 11.6 Å². The van der Waals surface area contributed by atoms with E-state index in [0.29, 0.717) is 13.0 Å². The Bertz CT molecular complexity index is 889. The number of aromatic amines is 1. The van der Waals surface area contributed by atoms with Crippen LogP contribution in [0.4, 0.5) is 0 Å². The predicted molar refractivity (Wildman–Crippen MR) is 86.4 cm³/mol. The van der Waals surface area contributed by atoms with Gasteiger partial charge >= 0.3 is 0 Å². The van der Waals surface area contributed by atoms with E-state index in [1.807, 2.05) is 30.5 Å². The number of nitrogens with one attached hydrogen (secondary N) is 2. The lowest BCUT2D eigenvalue weighted by atomic mass is 10.1. The number of halogens is 1. The van der Waals surface area contributed by atoms with Crippen molar-refractivity contribution < 1.29 is 8.42 Å². The van der Waals surface area contributed by atoms with Crippen molar-refractivity contribution in [1.82, 2.24) is 14.7 Å². The Hall–Kier alpha value is -1.89. The molecule has 0 amide bonds. The van der Waals surface area contributed by atoms with Crippen molar-refractivity contribution in [3.63, 3.8) is 0 Å². The average Bonchev–Trinajstić information content (AvgIpc) is 2.91. The molecule has 0 saturated heterocycles. The molecule has 22 heavy (non-hydrogen) atoms. The first-order valence-corrected chi connectivity index (χ1v) is 8.58. The van der Waals surface area contributed by atoms with Gasteiger partial charge in [-0.25, -0.2) is 18.1 Å². The first kappa shape index (κ1) is 15.0. The summed E-state index contributed by atoms with van der Waals surface area (Å²) in [6, 6.07) is 10.8. The van der Waals surface area contributed by atoms with Crippen LogP contribution in [-0.2, 0) is 16.4 Å². The van der Waals surface area contributed by atoms with Gasteiger partial charge in [-0.3, -0.25) is 0 Å². The fraction of sp³-hybridized carbons (Fsp3) is 0.133. The summed E-state index contributed by atoms with van der Waals surface area (Å²) in [4.78, 5) is 7.06. The second-order valence-electron chi connectivity index (χ2n) is 4.82. The Morgan fingerprint density at radius 2 is 2.00 bits per heavy atom. The lowest BCUT2D eigenvalue weighted by Crippen LogP contribution is -2.26. The highest BCUT2D eigenvalue weighted by atomic mass is 35.5. The zero-order valence-corrected chi connectivity index (χ0v) is 13.2. The van der Waals surface area contributed by atoms with Gasteiger partial charge in [0.1, 0.15) is 10.0 Å². The molecule has 2 aromatic heterocycles. The Morgan fingerprint density at radius 1 is 1.18 bits per heavy atom. The zero-order valence-electron chi connectivity index (χ0n) is 11.6. The molecule has 0 bridgehead atoms. The summed E-state index contributed by atoms with van der Waals surface area (Å²) in [5.41, 5.74) is 2.12. The number of hydrogen-bond donors (Lipinski definition) is 2. The molecule has 1 aromatic carbocycles. The van der Waals surface area contributed by atoms with Crippen molar-refractivity contribution in [2.75, 3.05) is 6.54 Å². The molecule has 5 nitrogen and oxygen atoms in total. The van der Waals surface area contributed by atoms with Crippen LogP contribution in [0.2, 0.25) is 5.15 Å². The van der Waals surface area contributed by atoms with E-state index in [4.69, 9.17) is 11.6 Å². The number of hydrogen-bond acceptors (Lipinski definition) is 3. The van der Waals surface area contributed by atoms with Crippen LogP contribution in [0.15, 0.2) is 53.7 Å². The minimum absolute atomic E-state index is 0.107. The van der Waals surface area contributed by atoms with E-state index in [1.54, 1.807) is 0 Å². The molecular weight excluding hydrogens is 322 g/mol. The van der Waals surface area contributed by atoms with Crippen LogP contribution in [0.3, 0.4) is 0 Å². The van der Waals surface area contributed by atoms with Crippen molar-refractivity contribution >= 4 is 32.5 Å². The molecule has 2 N–H and O–H groups in total. The van der Waals surface area contributed by atoms with E-state index >= 15 is 0 Å². The van der Waals surface area contributed by atoms with Gasteiger partial charge < -0.3 is 4.98 Å². The molecule has 3 rings (SSSR count). The highest BCUT2D eigenvalue weighted by Gasteiger charge is 2.14. The second-order valence-corrected chi connectivity index (χ2v) is 6.98. The highest BCUT2D eigenvalue weighted by Crippen LogP contribution is 2.18. The monoisotopic (exact) mass is 335 g/mol. The van der Waals surface area contributed by atoms with Crippen molar-refractivity contribution in [3.05, 3.63) is 59.5 Å². The van der Waals surface area contributed by atoms with Crippen molar-refractivity contribution in [3.8, 4) is 0 Å². The number of H-pyrrole nitrogens is 1. The third-order valence-corrected chi connectivity index (χ3v) is 5.04. The van der Waals surface area contributed by atoms with E-state index in [9.17, 15) is 8.42 Å². The molecule has 0 aliphatic rings. The van der Waals surface area contributed by atoms with Gasteiger partial charge in [0.05, 0.1) is 0 Å². The van der Waals surface area contributed by atoms with Gasteiger partial charge in [-0.15, -0.1) is 0 Å². The largest absolute Gasteiger partial charge is 0.361 e. The van der Waals surface area contributed by atoms with E-state index in [0.717, 1.165) is 16.5 Å². The molecule has 0 unspecified atom stereocenters. The maximum absolute atomic E-state index is 12.1. The maximum Gasteiger partial charge on any atom is 0.242 e. The minimum atomic E-state index is -3.56. The predicted octanol–water partition coefficient (Wildman–Crippen LogP) is 2.74. The van der Waals surface area contributed by atoms with E-state index in [1.165, 1.54) is 18.3 Å². The van der Waals surface area contributed by atoms with E-state index < -0.39 is 10.0 Å². The van der Waals surface area contributed by atoms with Gasteiger partial charge in [-0.1, -0.05) is 29.8 Å². The quantitative estimate of drug-likeness (QED) is 0.704. The lowest BCUT2D eigenvalue weighted by Gasteiger charge is -2.06. The van der Waals surface area contributed by atoms with Gasteiger partial charge in [0, 0.05) is 29.8 Å². The Labute approximate surface area is 133 Å². The second kappa shape index (κ2) is 6.08. The molecule has 0 saturated carbocycles. The molecule has 0 fully saturated rings.